The summed E-state index contributed by atoms with van der Waals surface area (Å²) in [5.41, 5.74) is 3.59. The van der Waals surface area contributed by atoms with Crippen LogP contribution in [-0.2, 0) is 17.8 Å². The number of carbonyl (C=O) groups is 2. The Kier molecular flexibility index (Phi) is 6.57. The first-order chi connectivity index (χ1) is 19.9. The highest BCUT2D eigenvalue weighted by molar-refractivity contribution is 5.99. The molecule has 1 spiro atoms. The van der Waals surface area contributed by atoms with Gasteiger partial charge in [0.05, 0.1) is 18.2 Å². The van der Waals surface area contributed by atoms with Crippen LogP contribution >= 0.6 is 0 Å². The molecule has 10 heteroatoms. The van der Waals surface area contributed by atoms with Crippen molar-refractivity contribution in [2.24, 2.45) is 5.41 Å². The lowest BCUT2D eigenvalue weighted by Gasteiger charge is -2.26. The lowest BCUT2D eigenvalue weighted by Crippen LogP contribution is -2.31. The Morgan fingerprint density at radius 3 is 2.76 bits per heavy atom. The Hall–Kier alpha value is -4.05. The minimum atomic E-state index is -0.471. The van der Waals surface area contributed by atoms with E-state index >= 15 is 0 Å². The second-order valence-corrected chi connectivity index (χ2v) is 11.8. The summed E-state index contributed by atoms with van der Waals surface area (Å²) in [5, 5.41) is 2.96. The number of fused-ring (bicyclic) bond motifs is 1. The number of anilines is 2. The zero-order valence-corrected chi connectivity index (χ0v) is 22.9. The Labute approximate surface area is 238 Å². The highest BCUT2D eigenvalue weighted by Crippen LogP contribution is 2.43. The average molecular weight is 557 g/mol. The van der Waals surface area contributed by atoms with Crippen molar-refractivity contribution in [2.75, 3.05) is 49.5 Å². The lowest BCUT2D eigenvalue weighted by atomic mass is 9.86. The van der Waals surface area contributed by atoms with Crippen LogP contribution in [-0.4, -0.2) is 70.9 Å². The smallest absolute Gasteiger partial charge is 0.257 e. The molecule has 1 N–H and O–H groups in total. The number of nitrogens with zero attached hydrogens (tertiary/aromatic N) is 5. The number of benzene rings is 2. The molecule has 212 valence electrons. The fourth-order valence-electron chi connectivity index (χ4n) is 6.82. The maximum Gasteiger partial charge on any atom is 0.257 e. The van der Waals surface area contributed by atoms with Gasteiger partial charge in [0.25, 0.3) is 5.91 Å². The van der Waals surface area contributed by atoms with E-state index in [0.29, 0.717) is 36.8 Å². The molecule has 1 unspecified atom stereocenters. The molecule has 2 aromatic carbocycles. The molecule has 2 amide bonds. The molecule has 41 heavy (non-hydrogen) atoms. The van der Waals surface area contributed by atoms with E-state index in [1.54, 1.807) is 11.1 Å². The van der Waals surface area contributed by atoms with Gasteiger partial charge in [-0.2, -0.15) is 0 Å². The summed E-state index contributed by atoms with van der Waals surface area (Å²) in [5.74, 6) is 0.833. The van der Waals surface area contributed by atoms with Gasteiger partial charge in [-0.3, -0.25) is 14.5 Å². The van der Waals surface area contributed by atoms with E-state index in [9.17, 15) is 14.0 Å². The van der Waals surface area contributed by atoms with E-state index in [1.807, 2.05) is 0 Å². The second kappa shape index (κ2) is 10.4. The monoisotopic (exact) mass is 556 g/mol. The molecule has 0 bridgehead atoms. The largest absolute Gasteiger partial charge is 0.451 e. The van der Waals surface area contributed by atoms with Gasteiger partial charge in [0.15, 0.2) is 11.6 Å². The molecule has 0 radical (unpaired) electrons. The average Bonchev–Trinajstić information content (AvgIpc) is 3.78. The van der Waals surface area contributed by atoms with E-state index in [4.69, 9.17) is 4.74 Å². The molecule has 1 aromatic heterocycles. The summed E-state index contributed by atoms with van der Waals surface area (Å²) >= 11 is 0. The van der Waals surface area contributed by atoms with Gasteiger partial charge in [0, 0.05) is 50.4 Å². The van der Waals surface area contributed by atoms with Crippen LogP contribution in [0.15, 0.2) is 48.9 Å². The standard InChI is InChI=1S/C31H33FN6O3/c32-23-5-6-26(24(15-23)30(40)37-9-1-2-10-37)41-27-16-33-20-34-29(27)38-12-8-31(19-38)7-11-36(18-31)17-21-3-4-22-14-28(39)35-25(22)13-21/h3-6,13,15-16,20H,1-2,7-12,14,17-19H2,(H,35,39). The van der Waals surface area contributed by atoms with E-state index in [-0.39, 0.29) is 22.8 Å². The number of amides is 2. The molecule has 3 aromatic rings. The molecule has 9 nitrogen and oxygen atoms in total. The van der Waals surface area contributed by atoms with Crippen LogP contribution < -0.4 is 15.0 Å². The summed E-state index contributed by atoms with van der Waals surface area (Å²) in [6, 6.07) is 10.4. The summed E-state index contributed by atoms with van der Waals surface area (Å²) in [4.78, 5) is 40.2. The third kappa shape index (κ3) is 5.12. The molecule has 7 rings (SSSR count). The summed E-state index contributed by atoms with van der Waals surface area (Å²) in [6.45, 7) is 5.89. The first-order valence-corrected chi connectivity index (χ1v) is 14.4. The van der Waals surface area contributed by atoms with Gasteiger partial charge in [0.1, 0.15) is 17.9 Å². The molecule has 0 saturated carbocycles. The number of likely N-dealkylation sites (tertiary alicyclic amines) is 2. The number of aromatic nitrogens is 2. The van der Waals surface area contributed by atoms with Crippen molar-refractivity contribution in [1.29, 1.82) is 0 Å². The lowest BCUT2D eigenvalue weighted by molar-refractivity contribution is -0.115. The van der Waals surface area contributed by atoms with Crippen molar-refractivity contribution in [3.8, 4) is 11.5 Å². The van der Waals surface area contributed by atoms with Gasteiger partial charge < -0.3 is 19.9 Å². The predicted molar refractivity (Wildman–Crippen MR) is 152 cm³/mol. The number of rotatable bonds is 6. The van der Waals surface area contributed by atoms with E-state index in [1.165, 1.54) is 30.1 Å². The molecular formula is C31H33FN6O3. The minimum absolute atomic E-state index is 0.0604. The Balaban J connectivity index is 1.05. The third-order valence-electron chi connectivity index (χ3n) is 8.90. The molecule has 1 atom stereocenters. The Bertz CT molecular complexity index is 1510. The number of ether oxygens (including phenoxy) is 1. The number of halogens is 1. The van der Waals surface area contributed by atoms with Gasteiger partial charge in [-0.05, 0) is 67.6 Å². The van der Waals surface area contributed by atoms with Crippen LogP contribution in [0.3, 0.4) is 0 Å². The van der Waals surface area contributed by atoms with Crippen molar-refractivity contribution in [3.05, 3.63) is 71.4 Å². The van der Waals surface area contributed by atoms with E-state index < -0.39 is 5.82 Å². The van der Waals surface area contributed by atoms with Crippen molar-refractivity contribution in [2.45, 2.75) is 38.6 Å². The first-order valence-electron chi connectivity index (χ1n) is 14.4. The van der Waals surface area contributed by atoms with Gasteiger partial charge in [-0.15, -0.1) is 0 Å². The molecule has 0 aliphatic carbocycles. The summed E-state index contributed by atoms with van der Waals surface area (Å²) in [6.07, 6.45) is 7.64. The predicted octanol–water partition coefficient (Wildman–Crippen LogP) is 4.24. The minimum Gasteiger partial charge on any atom is -0.451 e. The topological polar surface area (TPSA) is 90.9 Å². The third-order valence-corrected chi connectivity index (χ3v) is 8.90. The molecular weight excluding hydrogens is 523 g/mol. The van der Waals surface area contributed by atoms with Gasteiger partial charge in [0.2, 0.25) is 5.91 Å². The molecule has 5 heterocycles. The zero-order valence-electron chi connectivity index (χ0n) is 22.9. The quantitative estimate of drug-likeness (QED) is 0.486. The highest BCUT2D eigenvalue weighted by Gasteiger charge is 2.44. The van der Waals surface area contributed by atoms with Crippen molar-refractivity contribution < 1.29 is 18.7 Å². The van der Waals surface area contributed by atoms with Gasteiger partial charge >= 0.3 is 0 Å². The summed E-state index contributed by atoms with van der Waals surface area (Å²) in [7, 11) is 0. The Morgan fingerprint density at radius 1 is 1.02 bits per heavy atom. The zero-order chi connectivity index (χ0) is 28.0. The number of carbonyl (C=O) groups excluding carboxylic acids is 2. The number of nitrogens with one attached hydrogen (secondary N) is 1. The van der Waals surface area contributed by atoms with Crippen LogP contribution in [0.4, 0.5) is 15.9 Å². The molecule has 3 saturated heterocycles. The fourth-order valence-corrected chi connectivity index (χ4v) is 6.82. The molecule has 4 aliphatic heterocycles. The molecule has 4 aliphatic rings. The highest BCUT2D eigenvalue weighted by atomic mass is 19.1. The van der Waals surface area contributed by atoms with Crippen LogP contribution in [0.5, 0.6) is 11.5 Å². The van der Waals surface area contributed by atoms with Gasteiger partial charge in [-0.1, -0.05) is 12.1 Å². The molecule has 3 fully saturated rings. The van der Waals surface area contributed by atoms with Crippen LogP contribution in [0, 0.1) is 11.2 Å². The van der Waals surface area contributed by atoms with Crippen LogP contribution in [0.2, 0.25) is 0 Å². The van der Waals surface area contributed by atoms with Crippen molar-refractivity contribution in [1.82, 2.24) is 19.8 Å². The Morgan fingerprint density at radius 2 is 1.88 bits per heavy atom. The van der Waals surface area contributed by atoms with Crippen LogP contribution in [0.1, 0.15) is 47.2 Å². The second-order valence-electron chi connectivity index (χ2n) is 11.8. The normalized spacial score (nSPS) is 22.0. The summed E-state index contributed by atoms with van der Waals surface area (Å²) < 4.78 is 20.5. The van der Waals surface area contributed by atoms with Crippen molar-refractivity contribution in [3.63, 3.8) is 0 Å². The van der Waals surface area contributed by atoms with Gasteiger partial charge in [-0.25, -0.2) is 14.4 Å². The van der Waals surface area contributed by atoms with E-state index in [2.05, 4.69) is 43.3 Å². The van der Waals surface area contributed by atoms with Crippen LogP contribution in [0.25, 0.3) is 0 Å². The first kappa shape index (κ1) is 25.9. The van der Waals surface area contributed by atoms with Crippen molar-refractivity contribution >= 4 is 23.3 Å². The maximum atomic E-state index is 14.2. The SMILES string of the molecule is O=C1Cc2ccc(CN3CCC4(CCN(c5ncncc5Oc5ccc(F)cc5C(=O)N5CCCC5)C4)C3)cc2N1. The fraction of sp³-hybridized carbons (Fsp3) is 0.419. The van der Waals surface area contributed by atoms with E-state index in [0.717, 1.165) is 69.7 Å². The number of hydrogen-bond donors (Lipinski definition) is 1. The number of hydrogen-bond acceptors (Lipinski definition) is 7. The maximum absolute atomic E-state index is 14.2.